The zero-order chi connectivity index (χ0) is 12.3. The van der Waals surface area contributed by atoms with Gasteiger partial charge in [0.1, 0.15) is 18.2 Å². The number of piperidine rings is 1. The topological polar surface area (TPSA) is 84.0 Å². The van der Waals surface area contributed by atoms with Crippen LogP contribution in [-0.4, -0.2) is 27.8 Å². The summed E-state index contributed by atoms with van der Waals surface area (Å²) in [6, 6.07) is -0.416. The molecule has 0 bridgehead atoms. The molecule has 1 fully saturated rings. The fourth-order valence-corrected chi connectivity index (χ4v) is 1.99. The summed E-state index contributed by atoms with van der Waals surface area (Å²) in [6.07, 6.45) is 3.92. The molecule has 7 heteroatoms. The van der Waals surface area contributed by atoms with Crippen molar-refractivity contribution >= 4 is 33.6 Å². The van der Waals surface area contributed by atoms with Crippen LogP contribution in [0.4, 0.5) is 5.82 Å². The molecule has 0 saturated carbocycles. The van der Waals surface area contributed by atoms with E-state index in [1.807, 2.05) is 0 Å². The second kappa shape index (κ2) is 5.22. The van der Waals surface area contributed by atoms with Crippen LogP contribution in [0.15, 0.2) is 12.5 Å². The van der Waals surface area contributed by atoms with Crippen LogP contribution in [0.25, 0.3) is 0 Å². The fraction of sp³-hybridized carbons (Fsp3) is 0.400. The minimum atomic E-state index is -0.416. The first-order valence-corrected chi connectivity index (χ1v) is 6.28. The monoisotopic (exact) mass is 298 g/mol. The maximum absolute atomic E-state index is 11.6. The number of hydrogen-bond acceptors (Lipinski definition) is 5. The Morgan fingerprint density at radius 2 is 2.35 bits per heavy atom. The summed E-state index contributed by atoms with van der Waals surface area (Å²) in [5.74, 6) is 0.0863. The number of anilines is 1. The van der Waals surface area contributed by atoms with Gasteiger partial charge in [-0.2, -0.15) is 0 Å². The van der Waals surface area contributed by atoms with Gasteiger partial charge in [-0.1, -0.05) is 15.9 Å². The molecule has 1 aromatic heterocycles. The molecule has 2 rings (SSSR count). The van der Waals surface area contributed by atoms with Crippen LogP contribution in [0.5, 0.6) is 0 Å². The van der Waals surface area contributed by atoms with Gasteiger partial charge in [-0.05, 0) is 6.42 Å². The molecule has 1 aliphatic rings. The molecule has 6 nitrogen and oxygen atoms in total. The second-order valence-corrected chi connectivity index (χ2v) is 4.24. The van der Waals surface area contributed by atoms with Crippen molar-refractivity contribution < 1.29 is 9.59 Å². The van der Waals surface area contributed by atoms with Gasteiger partial charge in [-0.25, -0.2) is 9.97 Å². The zero-order valence-corrected chi connectivity index (χ0v) is 10.5. The molecule has 1 atom stereocenters. The molecular weight excluding hydrogens is 288 g/mol. The number of rotatable bonds is 3. The van der Waals surface area contributed by atoms with E-state index in [4.69, 9.17) is 0 Å². The van der Waals surface area contributed by atoms with Crippen molar-refractivity contribution in [1.29, 1.82) is 0 Å². The van der Waals surface area contributed by atoms with Crippen molar-refractivity contribution in [3.63, 3.8) is 0 Å². The maximum atomic E-state index is 11.6. The molecule has 2 heterocycles. The summed E-state index contributed by atoms with van der Waals surface area (Å²) in [7, 11) is 0. The zero-order valence-electron chi connectivity index (χ0n) is 8.94. The lowest BCUT2D eigenvalue weighted by Gasteiger charge is -2.22. The largest absolute Gasteiger partial charge is 0.358 e. The van der Waals surface area contributed by atoms with Crippen LogP contribution >= 0.6 is 15.9 Å². The Kier molecular flexibility index (Phi) is 3.68. The number of carbonyl (C=O) groups is 2. The first kappa shape index (κ1) is 12.0. The standard InChI is InChI=1S/C10H11BrN4O2/c11-3-6-4-12-5-13-9(6)14-7-1-2-8(16)15-10(7)17/h4-5,7H,1-3H2,(H,12,13,14)(H,15,16,17). The number of nitrogens with one attached hydrogen (secondary N) is 2. The quantitative estimate of drug-likeness (QED) is 0.630. The number of nitrogens with zero attached hydrogens (tertiary/aromatic N) is 2. The van der Waals surface area contributed by atoms with Crippen molar-refractivity contribution in [2.24, 2.45) is 0 Å². The minimum absolute atomic E-state index is 0.226. The average Bonchev–Trinajstić information content (AvgIpc) is 2.33. The van der Waals surface area contributed by atoms with Crippen molar-refractivity contribution in [3.8, 4) is 0 Å². The van der Waals surface area contributed by atoms with Gasteiger partial charge in [-0.3, -0.25) is 14.9 Å². The molecule has 0 aromatic carbocycles. The lowest BCUT2D eigenvalue weighted by atomic mass is 10.1. The Labute approximate surface area is 106 Å². The normalized spacial score (nSPS) is 19.9. The van der Waals surface area contributed by atoms with E-state index in [1.54, 1.807) is 6.20 Å². The van der Waals surface area contributed by atoms with E-state index in [9.17, 15) is 9.59 Å². The molecule has 1 aliphatic heterocycles. The molecule has 2 amide bonds. The number of amides is 2. The van der Waals surface area contributed by atoms with E-state index in [0.29, 0.717) is 24.0 Å². The lowest BCUT2D eigenvalue weighted by Crippen LogP contribution is -2.47. The van der Waals surface area contributed by atoms with Gasteiger partial charge in [0, 0.05) is 23.5 Å². The van der Waals surface area contributed by atoms with Crippen LogP contribution in [-0.2, 0) is 14.9 Å². The molecule has 2 N–H and O–H groups in total. The summed E-state index contributed by atoms with van der Waals surface area (Å²) in [5.41, 5.74) is 0.872. The summed E-state index contributed by atoms with van der Waals surface area (Å²) >= 11 is 3.32. The molecule has 1 aromatic rings. The van der Waals surface area contributed by atoms with Gasteiger partial charge in [0.2, 0.25) is 11.8 Å². The highest BCUT2D eigenvalue weighted by Gasteiger charge is 2.27. The number of alkyl halides is 1. The summed E-state index contributed by atoms with van der Waals surface area (Å²) in [4.78, 5) is 30.5. The molecule has 1 saturated heterocycles. The Balaban J connectivity index is 2.10. The Morgan fingerprint density at radius 3 is 3.06 bits per heavy atom. The van der Waals surface area contributed by atoms with E-state index >= 15 is 0 Å². The molecule has 0 aliphatic carbocycles. The molecule has 1 unspecified atom stereocenters. The lowest BCUT2D eigenvalue weighted by molar-refractivity contribution is -0.133. The van der Waals surface area contributed by atoms with E-state index in [1.165, 1.54) is 6.33 Å². The maximum Gasteiger partial charge on any atom is 0.249 e. The van der Waals surface area contributed by atoms with E-state index < -0.39 is 6.04 Å². The fourth-order valence-electron chi connectivity index (χ4n) is 1.58. The van der Waals surface area contributed by atoms with Crippen LogP contribution in [0.2, 0.25) is 0 Å². The van der Waals surface area contributed by atoms with Crippen molar-refractivity contribution in [2.45, 2.75) is 24.2 Å². The van der Waals surface area contributed by atoms with Crippen LogP contribution in [0.1, 0.15) is 18.4 Å². The third kappa shape index (κ3) is 2.79. The third-order valence-electron chi connectivity index (χ3n) is 2.48. The third-order valence-corrected chi connectivity index (χ3v) is 3.09. The summed E-state index contributed by atoms with van der Waals surface area (Å²) in [5, 5.41) is 5.92. The number of hydrogen-bond donors (Lipinski definition) is 2. The number of aromatic nitrogens is 2. The molecular formula is C10H11BrN4O2. The highest BCUT2D eigenvalue weighted by atomic mass is 79.9. The van der Waals surface area contributed by atoms with Gasteiger partial charge >= 0.3 is 0 Å². The Morgan fingerprint density at radius 1 is 1.53 bits per heavy atom. The molecule has 90 valence electrons. The number of halogens is 1. The minimum Gasteiger partial charge on any atom is -0.358 e. The predicted octanol–water partition coefficient (Wildman–Crippen LogP) is 0.589. The van der Waals surface area contributed by atoms with Crippen LogP contribution in [0.3, 0.4) is 0 Å². The predicted molar refractivity (Wildman–Crippen MR) is 64.5 cm³/mol. The Bertz CT molecular complexity index is 452. The smallest absolute Gasteiger partial charge is 0.249 e. The number of imide groups is 1. The molecule has 0 radical (unpaired) electrons. The van der Waals surface area contributed by atoms with E-state index in [0.717, 1.165) is 5.56 Å². The van der Waals surface area contributed by atoms with Gasteiger partial charge in [0.15, 0.2) is 0 Å². The van der Waals surface area contributed by atoms with Crippen LogP contribution < -0.4 is 10.6 Å². The number of carbonyl (C=O) groups excluding carboxylic acids is 2. The van der Waals surface area contributed by atoms with Gasteiger partial charge < -0.3 is 5.32 Å². The molecule has 0 spiro atoms. The summed E-state index contributed by atoms with van der Waals surface area (Å²) < 4.78 is 0. The summed E-state index contributed by atoms with van der Waals surface area (Å²) in [6.45, 7) is 0. The SMILES string of the molecule is O=C1CCC(Nc2ncncc2CBr)C(=O)N1. The van der Waals surface area contributed by atoms with Gasteiger partial charge in [-0.15, -0.1) is 0 Å². The van der Waals surface area contributed by atoms with Crippen molar-refractivity contribution in [2.75, 3.05) is 5.32 Å². The van der Waals surface area contributed by atoms with Crippen molar-refractivity contribution in [1.82, 2.24) is 15.3 Å². The van der Waals surface area contributed by atoms with E-state index in [2.05, 4.69) is 36.5 Å². The molecule has 17 heavy (non-hydrogen) atoms. The Hall–Kier alpha value is -1.50. The second-order valence-electron chi connectivity index (χ2n) is 3.68. The van der Waals surface area contributed by atoms with E-state index in [-0.39, 0.29) is 11.8 Å². The van der Waals surface area contributed by atoms with Gasteiger partial charge in [0.05, 0.1) is 0 Å². The van der Waals surface area contributed by atoms with Crippen molar-refractivity contribution in [3.05, 3.63) is 18.1 Å². The average molecular weight is 299 g/mol. The first-order valence-electron chi connectivity index (χ1n) is 5.16. The first-order chi connectivity index (χ1) is 8.20. The highest BCUT2D eigenvalue weighted by Crippen LogP contribution is 2.17. The van der Waals surface area contributed by atoms with Crippen LogP contribution in [0, 0.1) is 0 Å². The highest BCUT2D eigenvalue weighted by molar-refractivity contribution is 9.08. The van der Waals surface area contributed by atoms with Gasteiger partial charge in [0.25, 0.3) is 0 Å².